The highest BCUT2D eigenvalue weighted by atomic mass is 16.1. The van der Waals surface area contributed by atoms with E-state index in [4.69, 9.17) is 5.73 Å². The van der Waals surface area contributed by atoms with Crippen molar-refractivity contribution >= 4 is 5.91 Å². The molecule has 0 aliphatic heterocycles. The number of carbonyl (C=O) groups excluding carboxylic acids is 1. The lowest BCUT2D eigenvalue weighted by molar-refractivity contribution is 0.0951. The minimum absolute atomic E-state index is 0.0371. The maximum atomic E-state index is 12.2. The fraction of sp³-hybridized carbons (Fsp3) is 0.235. The van der Waals surface area contributed by atoms with Crippen LogP contribution in [0.3, 0.4) is 0 Å². The number of nitrogens with one attached hydrogen (secondary N) is 1. The molecule has 3 heteroatoms. The van der Waals surface area contributed by atoms with Gasteiger partial charge in [-0.3, -0.25) is 4.79 Å². The van der Waals surface area contributed by atoms with Crippen LogP contribution in [-0.4, -0.2) is 11.9 Å². The van der Waals surface area contributed by atoms with Crippen molar-refractivity contribution in [2.75, 3.05) is 0 Å². The van der Waals surface area contributed by atoms with E-state index in [9.17, 15) is 4.79 Å². The molecule has 102 valence electrons. The van der Waals surface area contributed by atoms with Gasteiger partial charge in [-0.25, -0.2) is 0 Å². The standard InChI is InChI=1S/C17H18N2O/c18-16-10-15(16)13-7-4-8-14(9-13)17(20)19-11-12-5-2-1-3-6-12/h1-9,15-16H,10-11,18H2,(H,19,20). The van der Waals surface area contributed by atoms with Crippen molar-refractivity contribution in [2.24, 2.45) is 5.73 Å². The van der Waals surface area contributed by atoms with Crippen molar-refractivity contribution in [2.45, 2.75) is 24.9 Å². The second-order valence-electron chi connectivity index (χ2n) is 5.30. The molecule has 20 heavy (non-hydrogen) atoms. The third-order valence-corrected chi connectivity index (χ3v) is 3.71. The van der Waals surface area contributed by atoms with E-state index in [-0.39, 0.29) is 11.9 Å². The highest BCUT2D eigenvalue weighted by Crippen LogP contribution is 2.39. The van der Waals surface area contributed by atoms with Crippen LogP contribution in [0.4, 0.5) is 0 Å². The number of benzene rings is 2. The summed E-state index contributed by atoms with van der Waals surface area (Å²) in [4.78, 5) is 12.2. The van der Waals surface area contributed by atoms with E-state index in [2.05, 4.69) is 5.32 Å². The molecule has 1 saturated carbocycles. The van der Waals surface area contributed by atoms with E-state index in [1.807, 2.05) is 54.6 Å². The van der Waals surface area contributed by atoms with E-state index in [1.165, 1.54) is 5.56 Å². The summed E-state index contributed by atoms with van der Waals surface area (Å²) in [6.45, 7) is 0.548. The van der Waals surface area contributed by atoms with E-state index in [0.29, 0.717) is 18.0 Å². The Labute approximate surface area is 118 Å². The highest BCUT2D eigenvalue weighted by molar-refractivity contribution is 5.94. The van der Waals surface area contributed by atoms with Gasteiger partial charge in [-0.05, 0) is 29.7 Å². The van der Waals surface area contributed by atoms with Gasteiger partial charge in [-0.15, -0.1) is 0 Å². The van der Waals surface area contributed by atoms with Crippen molar-refractivity contribution in [3.8, 4) is 0 Å². The molecular formula is C17H18N2O. The smallest absolute Gasteiger partial charge is 0.251 e. The fourth-order valence-electron chi connectivity index (χ4n) is 2.39. The predicted molar refractivity (Wildman–Crippen MR) is 79.4 cm³/mol. The lowest BCUT2D eigenvalue weighted by Crippen LogP contribution is -2.22. The molecule has 2 aromatic rings. The summed E-state index contributed by atoms with van der Waals surface area (Å²) in [6, 6.07) is 17.9. The third-order valence-electron chi connectivity index (χ3n) is 3.71. The van der Waals surface area contributed by atoms with Crippen LogP contribution in [0.5, 0.6) is 0 Å². The van der Waals surface area contributed by atoms with Crippen molar-refractivity contribution in [1.29, 1.82) is 0 Å². The highest BCUT2D eigenvalue weighted by Gasteiger charge is 2.34. The molecule has 0 bridgehead atoms. The molecule has 3 rings (SSSR count). The van der Waals surface area contributed by atoms with Gasteiger partial charge in [0.25, 0.3) is 5.91 Å². The van der Waals surface area contributed by atoms with Crippen LogP contribution in [0.1, 0.15) is 33.8 Å². The van der Waals surface area contributed by atoms with Gasteiger partial charge in [0.1, 0.15) is 0 Å². The second-order valence-corrected chi connectivity index (χ2v) is 5.30. The Morgan fingerprint density at radius 3 is 2.60 bits per heavy atom. The minimum Gasteiger partial charge on any atom is -0.348 e. The number of rotatable bonds is 4. The van der Waals surface area contributed by atoms with Crippen molar-refractivity contribution < 1.29 is 4.79 Å². The normalized spacial score (nSPS) is 20.4. The molecule has 3 N–H and O–H groups in total. The van der Waals surface area contributed by atoms with Gasteiger partial charge in [0, 0.05) is 24.1 Å². The first kappa shape index (κ1) is 12.9. The molecule has 0 spiro atoms. The van der Waals surface area contributed by atoms with Gasteiger partial charge in [0.05, 0.1) is 0 Å². The van der Waals surface area contributed by atoms with E-state index in [0.717, 1.165) is 12.0 Å². The lowest BCUT2D eigenvalue weighted by Gasteiger charge is -2.07. The quantitative estimate of drug-likeness (QED) is 0.893. The van der Waals surface area contributed by atoms with Gasteiger partial charge in [0.15, 0.2) is 0 Å². The molecule has 1 aliphatic rings. The Morgan fingerprint density at radius 1 is 1.15 bits per heavy atom. The van der Waals surface area contributed by atoms with Gasteiger partial charge in [0.2, 0.25) is 0 Å². The number of nitrogens with two attached hydrogens (primary N) is 1. The van der Waals surface area contributed by atoms with E-state index < -0.39 is 0 Å². The van der Waals surface area contributed by atoms with Crippen molar-refractivity contribution in [1.82, 2.24) is 5.32 Å². The maximum Gasteiger partial charge on any atom is 0.251 e. The molecule has 0 heterocycles. The van der Waals surface area contributed by atoms with Gasteiger partial charge < -0.3 is 11.1 Å². The summed E-state index contributed by atoms with van der Waals surface area (Å²) in [6.07, 6.45) is 1.02. The zero-order valence-corrected chi connectivity index (χ0v) is 11.3. The molecule has 1 fully saturated rings. The van der Waals surface area contributed by atoms with Crippen molar-refractivity contribution in [3.63, 3.8) is 0 Å². The van der Waals surface area contributed by atoms with E-state index in [1.54, 1.807) is 0 Å². The maximum absolute atomic E-state index is 12.2. The van der Waals surface area contributed by atoms with Crippen LogP contribution in [0, 0.1) is 0 Å². The number of hydrogen-bond donors (Lipinski definition) is 2. The average Bonchev–Trinajstić information content (AvgIpc) is 3.23. The SMILES string of the molecule is NC1CC1c1cccc(C(=O)NCc2ccccc2)c1. The van der Waals surface area contributed by atoms with Crippen LogP contribution >= 0.6 is 0 Å². The fourth-order valence-corrected chi connectivity index (χ4v) is 2.39. The molecule has 2 aromatic carbocycles. The Morgan fingerprint density at radius 2 is 1.90 bits per heavy atom. The van der Waals surface area contributed by atoms with Gasteiger partial charge in [-0.1, -0.05) is 42.5 Å². The summed E-state index contributed by atoms with van der Waals surface area (Å²) in [7, 11) is 0. The van der Waals surface area contributed by atoms with Gasteiger partial charge >= 0.3 is 0 Å². The molecule has 0 aromatic heterocycles. The number of carbonyl (C=O) groups is 1. The topological polar surface area (TPSA) is 55.1 Å². The summed E-state index contributed by atoms with van der Waals surface area (Å²) >= 11 is 0. The van der Waals surface area contributed by atoms with Crippen LogP contribution < -0.4 is 11.1 Å². The molecule has 0 saturated heterocycles. The second kappa shape index (κ2) is 5.47. The zero-order chi connectivity index (χ0) is 13.9. The van der Waals surface area contributed by atoms with Crippen molar-refractivity contribution in [3.05, 3.63) is 71.3 Å². The molecule has 3 nitrogen and oxygen atoms in total. The average molecular weight is 266 g/mol. The lowest BCUT2D eigenvalue weighted by atomic mass is 10.1. The first-order chi connectivity index (χ1) is 9.74. The minimum atomic E-state index is -0.0371. The van der Waals surface area contributed by atoms with E-state index >= 15 is 0 Å². The number of hydrogen-bond acceptors (Lipinski definition) is 2. The Balaban J connectivity index is 1.65. The largest absolute Gasteiger partial charge is 0.348 e. The molecular weight excluding hydrogens is 248 g/mol. The number of amides is 1. The van der Waals surface area contributed by atoms with Crippen LogP contribution in [0.25, 0.3) is 0 Å². The van der Waals surface area contributed by atoms with Gasteiger partial charge in [-0.2, -0.15) is 0 Å². The predicted octanol–water partition coefficient (Wildman–Crippen LogP) is 2.43. The molecule has 2 unspecified atom stereocenters. The van der Waals surface area contributed by atoms with Crippen LogP contribution in [0.2, 0.25) is 0 Å². The van der Waals surface area contributed by atoms with Crippen LogP contribution in [-0.2, 0) is 6.54 Å². The zero-order valence-electron chi connectivity index (χ0n) is 11.3. The summed E-state index contributed by atoms with van der Waals surface area (Å²) < 4.78 is 0. The molecule has 2 atom stereocenters. The Hall–Kier alpha value is -2.13. The Kier molecular flexibility index (Phi) is 3.52. The Bertz CT molecular complexity index is 609. The summed E-state index contributed by atoms with van der Waals surface area (Å²) in [5.74, 6) is 0.391. The first-order valence-electron chi connectivity index (χ1n) is 6.92. The monoisotopic (exact) mass is 266 g/mol. The summed E-state index contributed by atoms with van der Waals surface area (Å²) in [5, 5.41) is 2.94. The van der Waals surface area contributed by atoms with Crippen LogP contribution in [0.15, 0.2) is 54.6 Å². The summed E-state index contributed by atoms with van der Waals surface area (Å²) in [5.41, 5.74) is 8.83. The molecule has 0 radical (unpaired) electrons. The third kappa shape index (κ3) is 2.89. The first-order valence-corrected chi connectivity index (χ1v) is 6.92. The molecule has 1 amide bonds. The molecule has 1 aliphatic carbocycles.